The lowest BCUT2D eigenvalue weighted by atomic mass is 9.41. The van der Waals surface area contributed by atoms with E-state index < -0.39 is 17.4 Å². The standard InChI is InChI=1S/C29H39NO3/c1-19-17-29-15-12-23-27(2,24(29)11-10-21(19)18-29)13-7-14-28(23,3)26(33)30-22(25(31)32)16-20-8-5-4-6-9-20/h4-6,8-9,21-24H,1,7,10-18H2,2-3H3,(H,30,33)(H,31,32)/t21?,22-,23+,24+,27-,28-,29-/m1/s1. The van der Waals surface area contributed by atoms with Crippen LogP contribution >= 0.6 is 0 Å². The van der Waals surface area contributed by atoms with Gasteiger partial charge in [0.15, 0.2) is 0 Å². The smallest absolute Gasteiger partial charge is 0.326 e. The first kappa shape index (κ1) is 22.7. The van der Waals surface area contributed by atoms with Gasteiger partial charge >= 0.3 is 5.97 Å². The van der Waals surface area contributed by atoms with E-state index in [0.717, 1.165) is 24.8 Å². The van der Waals surface area contributed by atoms with Crippen molar-refractivity contribution in [3.63, 3.8) is 0 Å². The third kappa shape index (κ3) is 3.56. The molecule has 0 saturated heterocycles. The van der Waals surface area contributed by atoms with Crippen LogP contribution in [0.5, 0.6) is 0 Å². The molecule has 5 rings (SSSR count). The number of hydrogen-bond acceptors (Lipinski definition) is 2. The Balaban J connectivity index is 1.39. The average Bonchev–Trinajstić information content (AvgIpc) is 3.01. The van der Waals surface area contributed by atoms with Gasteiger partial charge in [-0.15, -0.1) is 0 Å². The molecule has 4 aliphatic rings. The lowest BCUT2D eigenvalue weighted by molar-refractivity contribution is -0.169. The molecule has 0 radical (unpaired) electrons. The van der Waals surface area contributed by atoms with E-state index >= 15 is 0 Å². The number of aliphatic carboxylic acids is 1. The minimum absolute atomic E-state index is 0.0535. The summed E-state index contributed by atoms with van der Waals surface area (Å²) in [7, 11) is 0. The van der Waals surface area contributed by atoms with Crippen LogP contribution in [-0.4, -0.2) is 23.0 Å². The van der Waals surface area contributed by atoms with E-state index in [1.165, 1.54) is 44.1 Å². The molecule has 33 heavy (non-hydrogen) atoms. The first-order valence-electron chi connectivity index (χ1n) is 12.9. The van der Waals surface area contributed by atoms with Crippen molar-refractivity contribution in [2.75, 3.05) is 0 Å². The lowest BCUT2D eigenvalue weighted by Gasteiger charge is -2.63. The fraction of sp³-hybridized carbons (Fsp3) is 0.655. The molecule has 178 valence electrons. The highest BCUT2D eigenvalue weighted by molar-refractivity contribution is 5.87. The van der Waals surface area contributed by atoms with Crippen molar-refractivity contribution in [3.8, 4) is 0 Å². The van der Waals surface area contributed by atoms with Gasteiger partial charge in [-0.05, 0) is 85.5 Å². The first-order chi connectivity index (χ1) is 15.7. The number of carboxylic acids is 1. The molecule has 1 amide bonds. The molecule has 4 heteroatoms. The summed E-state index contributed by atoms with van der Waals surface area (Å²) < 4.78 is 0. The molecule has 2 N–H and O–H groups in total. The maximum Gasteiger partial charge on any atom is 0.326 e. The second-order valence-corrected chi connectivity index (χ2v) is 12.2. The van der Waals surface area contributed by atoms with Gasteiger partial charge in [0.1, 0.15) is 6.04 Å². The van der Waals surface area contributed by atoms with Crippen LogP contribution in [0, 0.1) is 34.0 Å². The highest BCUT2D eigenvalue weighted by Gasteiger charge is 2.65. The summed E-state index contributed by atoms with van der Waals surface area (Å²) in [5.74, 6) is 0.674. The van der Waals surface area contributed by atoms with Crippen LogP contribution in [0.2, 0.25) is 0 Å². The van der Waals surface area contributed by atoms with Crippen LogP contribution < -0.4 is 5.32 Å². The maximum atomic E-state index is 13.8. The molecule has 1 unspecified atom stereocenters. The zero-order valence-electron chi connectivity index (χ0n) is 20.2. The van der Waals surface area contributed by atoms with E-state index in [4.69, 9.17) is 0 Å². The minimum atomic E-state index is -0.959. The summed E-state index contributed by atoms with van der Waals surface area (Å²) >= 11 is 0. The molecule has 1 aromatic rings. The zero-order chi connectivity index (χ0) is 23.4. The van der Waals surface area contributed by atoms with Crippen LogP contribution in [0.1, 0.15) is 77.2 Å². The van der Waals surface area contributed by atoms with E-state index in [0.29, 0.717) is 29.6 Å². The molecule has 4 saturated carbocycles. The molecule has 2 bridgehead atoms. The molecule has 4 fully saturated rings. The van der Waals surface area contributed by atoms with Crippen molar-refractivity contribution >= 4 is 11.9 Å². The number of fused-ring (bicyclic) bond motifs is 3. The Hall–Kier alpha value is -2.10. The highest BCUT2D eigenvalue weighted by Crippen LogP contribution is 2.72. The highest BCUT2D eigenvalue weighted by atomic mass is 16.4. The monoisotopic (exact) mass is 449 g/mol. The van der Waals surface area contributed by atoms with E-state index in [9.17, 15) is 14.7 Å². The van der Waals surface area contributed by atoms with Crippen molar-refractivity contribution in [1.29, 1.82) is 0 Å². The maximum absolute atomic E-state index is 13.8. The Morgan fingerprint density at radius 1 is 1.09 bits per heavy atom. The molecule has 7 atom stereocenters. The Labute approximate surface area is 198 Å². The number of hydrogen-bond donors (Lipinski definition) is 2. The Morgan fingerprint density at radius 2 is 1.85 bits per heavy atom. The zero-order valence-corrected chi connectivity index (χ0v) is 20.2. The third-order valence-corrected chi connectivity index (χ3v) is 10.5. The van der Waals surface area contributed by atoms with Crippen molar-refractivity contribution in [1.82, 2.24) is 5.32 Å². The van der Waals surface area contributed by atoms with Crippen molar-refractivity contribution < 1.29 is 14.7 Å². The van der Waals surface area contributed by atoms with Gasteiger partial charge in [-0.2, -0.15) is 0 Å². The summed E-state index contributed by atoms with van der Waals surface area (Å²) in [6, 6.07) is 8.70. The van der Waals surface area contributed by atoms with Crippen LogP contribution in [-0.2, 0) is 16.0 Å². The minimum Gasteiger partial charge on any atom is -0.480 e. The number of benzene rings is 1. The summed E-state index contributed by atoms with van der Waals surface area (Å²) in [4.78, 5) is 25.9. The number of carbonyl (C=O) groups excluding carboxylic acids is 1. The van der Waals surface area contributed by atoms with Gasteiger partial charge < -0.3 is 10.4 Å². The van der Waals surface area contributed by atoms with Crippen LogP contribution in [0.4, 0.5) is 0 Å². The van der Waals surface area contributed by atoms with Gasteiger partial charge in [-0.1, -0.05) is 62.8 Å². The van der Waals surface area contributed by atoms with Gasteiger partial charge in [-0.25, -0.2) is 4.79 Å². The summed E-state index contributed by atoms with van der Waals surface area (Å²) in [6.07, 6.45) is 10.7. The van der Waals surface area contributed by atoms with Gasteiger partial charge in [0.05, 0.1) is 0 Å². The molecule has 4 aliphatic carbocycles. The Kier molecular flexibility index (Phi) is 5.49. The number of allylic oxidation sites excluding steroid dienone is 1. The molecule has 0 aliphatic heterocycles. The molecule has 0 heterocycles. The van der Waals surface area contributed by atoms with Crippen molar-refractivity contribution in [2.24, 2.45) is 34.0 Å². The fourth-order valence-electron chi connectivity index (χ4n) is 9.00. The molecule has 1 spiro atoms. The van der Waals surface area contributed by atoms with Crippen LogP contribution in [0.3, 0.4) is 0 Å². The topological polar surface area (TPSA) is 66.4 Å². The number of rotatable bonds is 5. The lowest BCUT2D eigenvalue weighted by Crippen LogP contribution is -2.61. The van der Waals surface area contributed by atoms with E-state index in [1.54, 1.807) is 0 Å². The second-order valence-electron chi connectivity index (χ2n) is 12.2. The van der Waals surface area contributed by atoms with E-state index in [2.05, 4.69) is 25.7 Å². The molecule has 0 aromatic heterocycles. The fourth-order valence-corrected chi connectivity index (χ4v) is 9.00. The number of amides is 1. The van der Waals surface area contributed by atoms with Gasteiger partial charge in [0.2, 0.25) is 5.91 Å². The predicted octanol–water partition coefficient (Wildman–Crippen LogP) is 5.77. The second kappa shape index (κ2) is 7.99. The largest absolute Gasteiger partial charge is 0.480 e. The Bertz CT molecular complexity index is 957. The van der Waals surface area contributed by atoms with Crippen molar-refractivity contribution in [3.05, 3.63) is 48.0 Å². The predicted molar refractivity (Wildman–Crippen MR) is 130 cm³/mol. The van der Waals surface area contributed by atoms with Crippen LogP contribution in [0.15, 0.2) is 42.5 Å². The third-order valence-electron chi connectivity index (χ3n) is 10.5. The normalized spacial score (nSPS) is 40.4. The summed E-state index contributed by atoms with van der Waals surface area (Å²) in [5.41, 5.74) is 2.45. The van der Waals surface area contributed by atoms with Gasteiger partial charge in [0, 0.05) is 11.8 Å². The summed E-state index contributed by atoms with van der Waals surface area (Å²) in [5, 5.41) is 12.9. The van der Waals surface area contributed by atoms with Crippen molar-refractivity contribution in [2.45, 2.75) is 84.1 Å². The average molecular weight is 450 g/mol. The molecule has 1 aromatic carbocycles. The molecular formula is C29H39NO3. The molecule has 4 nitrogen and oxygen atoms in total. The first-order valence-corrected chi connectivity index (χ1v) is 12.9. The van der Waals surface area contributed by atoms with Gasteiger partial charge in [-0.3, -0.25) is 4.79 Å². The Morgan fingerprint density at radius 3 is 2.58 bits per heavy atom. The van der Waals surface area contributed by atoms with Gasteiger partial charge in [0.25, 0.3) is 0 Å². The SMILES string of the molecule is C=C1C[C@@]23CC[C@H]4[C@@](C)(CCC[C@@]4(C)C(=O)N[C@H](Cc4ccccc4)C(=O)O)[C@@H]2CCC1C3. The van der Waals surface area contributed by atoms with E-state index in [-0.39, 0.29) is 11.3 Å². The number of nitrogens with one attached hydrogen (secondary N) is 1. The number of carbonyl (C=O) groups is 2. The quantitative estimate of drug-likeness (QED) is 0.561. The van der Waals surface area contributed by atoms with Crippen LogP contribution in [0.25, 0.3) is 0 Å². The molecular weight excluding hydrogens is 410 g/mol. The van der Waals surface area contributed by atoms with E-state index in [1.807, 2.05) is 30.3 Å². The summed E-state index contributed by atoms with van der Waals surface area (Å²) in [6.45, 7) is 9.02. The number of carboxylic acid groups (broad SMARTS) is 1.